The minimum absolute atomic E-state index is 0.245. The van der Waals surface area contributed by atoms with Crippen LogP contribution in [-0.2, 0) is 4.74 Å². The molecule has 4 aromatic rings. The molecule has 0 aliphatic heterocycles. The predicted molar refractivity (Wildman–Crippen MR) is 127 cm³/mol. The summed E-state index contributed by atoms with van der Waals surface area (Å²) in [5, 5.41) is 6.18. The van der Waals surface area contributed by atoms with Crippen molar-refractivity contribution in [3.05, 3.63) is 69.9 Å². The zero-order valence-electron chi connectivity index (χ0n) is 17.4. The summed E-state index contributed by atoms with van der Waals surface area (Å²) in [6.07, 6.45) is 0. The summed E-state index contributed by atoms with van der Waals surface area (Å²) in [5.41, 5.74) is 2.59. The Morgan fingerprint density at radius 1 is 1.06 bits per heavy atom. The van der Waals surface area contributed by atoms with Gasteiger partial charge in [0.2, 0.25) is 0 Å². The molecule has 0 bridgehead atoms. The second-order valence-corrected chi connectivity index (χ2v) is 8.92. The highest BCUT2D eigenvalue weighted by Gasteiger charge is 2.26. The minimum atomic E-state index is -0.455. The molecule has 2 heterocycles. The number of benzene rings is 2. The van der Waals surface area contributed by atoms with Crippen molar-refractivity contribution in [1.82, 2.24) is 0 Å². The fourth-order valence-corrected chi connectivity index (χ4v) is 5.46. The van der Waals surface area contributed by atoms with Gasteiger partial charge in [0, 0.05) is 25.9 Å². The van der Waals surface area contributed by atoms with E-state index in [0.717, 1.165) is 31.8 Å². The topological polar surface area (TPSA) is 64.6 Å². The molecule has 1 N–H and O–H groups in total. The van der Waals surface area contributed by atoms with Crippen molar-refractivity contribution >= 4 is 49.6 Å². The Hall–Kier alpha value is -3.16. The Morgan fingerprint density at radius 3 is 2.52 bits per heavy atom. The van der Waals surface area contributed by atoms with Crippen LogP contribution in [0, 0.1) is 6.92 Å². The molecular formula is C24H21NO4S2. The summed E-state index contributed by atoms with van der Waals surface area (Å²) in [4.78, 5) is 26.9. The average molecular weight is 452 g/mol. The van der Waals surface area contributed by atoms with Gasteiger partial charge in [0.15, 0.2) is 0 Å². The van der Waals surface area contributed by atoms with Gasteiger partial charge in [-0.05, 0) is 37.6 Å². The van der Waals surface area contributed by atoms with Gasteiger partial charge in [0.05, 0.1) is 19.3 Å². The van der Waals surface area contributed by atoms with Crippen LogP contribution in [0.4, 0.5) is 5.00 Å². The number of thiophene rings is 2. The molecule has 31 heavy (non-hydrogen) atoms. The summed E-state index contributed by atoms with van der Waals surface area (Å²) < 4.78 is 11.6. The number of aryl methyl sites for hydroxylation is 1. The van der Waals surface area contributed by atoms with Gasteiger partial charge in [-0.3, -0.25) is 4.79 Å². The van der Waals surface area contributed by atoms with E-state index < -0.39 is 5.97 Å². The second kappa shape index (κ2) is 8.91. The van der Waals surface area contributed by atoms with Crippen molar-refractivity contribution in [2.45, 2.75) is 13.8 Å². The Labute approximate surface area is 188 Å². The van der Waals surface area contributed by atoms with Crippen molar-refractivity contribution in [1.29, 1.82) is 0 Å². The van der Waals surface area contributed by atoms with Gasteiger partial charge in [-0.15, -0.1) is 22.7 Å². The Bertz CT molecular complexity index is 1250. The van der Waals surface area contributed by atoms with Crippen LogP contribution < -0.4 is 10.1 Å². The highest BCUT2D eigenvalue weighted by atomic mass is 32.1. The molecule has 0 radical (unpaired) electrons. The zero-order chi connectivity index (χ0) is 22.0. The number of hydrogen-bond acceptors (Lipinski definition) is 6. The SMILES string of the molecule is CCOC(=O)c1c(NC(=O)c2csc3ccccc23)sc(C)c1-c1ccc(OC)cc1. The second-order valence-electron chi connectivity index (χ2n) is 6.79. The lowest BCUT2D eigenvalue weighted by atomic mass is 10.0. The first kappa shape index (κ1) is 21.1. The van der Waals surface area contributed by atoms with E-state index in [1.54, 1.807) is 14.0 Å². The van der Waals surface area contributed by atoms with Crippen molar-refractivity contribution in [2.24, 2.45) is 0 Å². The number of ether oxygens (including phenoxy) is 2. The Balaban J connectivity index is 1.76. The summed E-state index contributed by atoms with van der Waals surface area (Å²) in [6, 6.07) is 15.3. The van der Waals surface area contributed by atoms with E-state index in [2.05, 4.69) is 5.32 Å². The summed E-state index contributed by atoms with van der Waals surface area (Å²) >= 11 is 2.89. The number of amides is 1. The van der Waals surface area contributed by atoms with Crippen LogP contribution >= 0.6 is 22.7 Å². The maximum Gasteiger partial charge on any atom is 0.341 e. The summed E-state index contributed by atoms with van der Waals surface area (Å²) in [5.74, 6) is 0.0286. The number of methoxy groups -OCH3 is 1. The number of rotatable bonds is 6. The van der Waals surface area contributed by atoms with E-state index in [9.17, 15) is 9.59 Å². The van der Waals surface area contributed by atoms with E-state index in [0.29, 0.717) is 16.1 Å². The number of esters is 1. The van der Waals surface area contributed by atoms with Crippen LogP contribution in [-0.4, -0.2) is 25.6 Å². The van der Waals surface area contributed by atoms with Gasteiger partial charge in [-0.2, -0.15) is 0 Å². The van der Waals surface area contributed by atoms with E-state index in [1.807, 2.05) is 60.8 Å². The molecule has 0 aliphatic carbocycles. The van der Waals surface area contributed by atoms with E-state index >= 15 is 0 Å². The third-order valence-corrected chi connectivity index (χ3v) is 6.88. The third-order valence-electron chi connectivity index (χ3n) is 4.90. The molecular weight excluding hydrogens is 430 g/mol. The number of fused-ring (bicyclic) bond motifs is 1. The normalized spacial score (nSPS) is 10.8. The number of hydrogen-bond donors (Lipinski definition) is 1. The van der Waals surface area contributed by atoms with Gasteiger partial charge in [-0.1, -0.05) is 30.3 Å². The van der Waals surface area contributed by atoms with Gasteiger partial charge >= 0.3 is 5.97 Å². The summed E-state index contributed by atoms with van der Waals surface area (Å²) in [6.45, 7) is 3.95. The lowest BCUT2D eigenvalue weighted by Gasteiger charge is -2.09. The molecule has 4 rings (SSSR count). The fraction of sp³-hybridized carbons (Fsp3) is 0.167. The molecule has 0 saturated carbocycles. The van der Waals surface area contributed by atoms with Crippen molar-refractivity contribution in [3.8, 4) is 16.9 Å². The standard InChI is InChI=1S/C24H21NO4S2/c1-4-29-24(27)21-20(15-9-11-16(28-3)12-10-15)14(2)31-23(21)25-22(26)18-13-30-19-8-6-5-7-17(18)19/h5-13H,4H2,1-3H3,(H,25,26). The van der Waals surface area contributed by atoms with Crippen molar-refractivity contribution in [2.75, 3.05) is 19.0 Å². The Morgan fingerprint density at radius 2 is 1.81 bits per heavy atom. The third kappa shape index (κ3) is 4.06. The highest BCUT2D eigenvalue weighted by molar-refractivity contribution is 7.18. The van der Waals surface area contributed by atoms with Crippen molar-refractivity contribution < 1.29 is 19.1 Å². The van der Waals surface area contributed by atoms with Crippen molar-refractivity contribution in [3.63, 3.8) is 0 Å². The molecule has 0 fully saturated rings. The first-order valence-electron chi connectivity index (χ1n) is 9.76. The number of carbonyl (C=O) groups excluding carboxylic acids is 2. The number of carbonyl (C=O) groups is 2. The molecule has 0 aliphatic rings. The minimum Gasteiger partial charge on any atom is -0.497 e. The maximum atomic E-state index is 13.1. The van der Waals surface area contributed by atoms with Crippen LogP contribution in [0.1, 0.15) is 32.5 Å². The molecule has 2 aromatic carbocycles. The van der Waals surface area contributed by atoms with Gasteiger partial charge < -0.3 is 14.8 Å². The monoisotopic (exact) mass is 451 g/mol. The molecule has 158 valence electrons. The largest absolute Gasteiger partial charge is 0.497 e. The first-order chi connectivity index (χ1) is 15.0. The predicted octanol–water partition coefficient (Wildman–Crippen LogP) is 6.38. The maximum absolute atomic E-state index is 13.1. The van der Waals surface area contributed by atoms with Crippen LogP contribution in [0.5, 0.6) is 5.75 Å². The molecule has 2 aromatic heterocycles. The lowest BCUT2D eigenvalue weighted by molar-refractivity contribution is 0.0529. The molecule has 5 nitrogen and oxygen atoms in total. The quantitative estimate of drug-likeness (QED) is 0.346. The highest BCUT2D eigenvalue weighted by Crippen LogP contribution is 2.41. The molecule has 7 heteroatoms. The average Bonchev–Trinajstić information content (AvgIpc) is 3.35. The van der Waals surface area contributed by atoms with Crippen LogP contribution in [0.2, 0.25) is 0 Å². The van der Waals surface area contributed by atoms with Gasteiger partial charge in [0.25, 0.3) is 5.91 Å². The first-order valence-corrected chi connectivity index (χ1v) is 11.5. The fourth-order valence-electron chi connectivity index (χ4n) is 3.46. The van der Waals surface area contributed by atoms with E-state index in [1.165, 1.54) is 22.7 Å². The molecule has 0 atom stereocenters. The molecule has 1 amide bonds. The summed E-state index contributed by atoms with van der Waals surface area (Å²) in [7, 11) is 1.61. The van der Waals surface area contributed by atoms with Crippen LogP contribution in [0.25, 0.3) is 21.2 Å². The number of anilines is 1. The molecule has 0 unspecified atom stereocenters. The number of nitrogens with one attached hydrogen (secondary N) is 1. The lowest BCUT2D eigenvalue weighted by Crippen LogP contribution is -2.14. The smallest absolute Gasteiger partial charge is 0.341 e. The van der Waals surface area contributed by atoms with E-state index in [4.69, 9.17) is 9.47 Å². The van der Waals surface area contributed by atoms with Crippen LogP contribution in [0.3, 0.4) is 0 Å². The molecule has 0 spiro atoms. The van der Waals surface area contributed by atoms with Gasteiger partial charge in [0.1, 0.15) is 16.3 Å². The van der Waals surface area contributed by atoms with E-state index in [-0.39, 0.29) is 12.5 Å². The van der Waals surface area contributed by atoms with Crippen LogP contribution in [0.15, 0.2) is 53.9 Å². The molecule has 0 saturated heterocycles. The van der Waals surface area contributed by atoms with Gasteiger partial charge in [-0.25, -0.2) is 4.79 Å². The Kier molecular flexibility index (Phi) is 6.06. The zero-order valence-corrected chi connectivity index (χ0v) is 19.0.